The van der Waals surface area contributed by atoms with E-state index in [1.165, 1.54) is 12.2 Å². The summed E-state index contributed by atoms with van der Waals surface area (Å²) in [5.41, 5.74) is -4.55. The first-order valence-corrected chi connectivity index (χ1v) is 12.5. The molecular formula is C16H27F3O4SSi. The lowest BCUT2D eigenvalue weighted by molar-refractivity contribution is -0.0520. The third-order valence-electron chi connectivity index (χ3n) is 4.56. The normalized spacial score (nSPS) is 17.1. The van der Waals surface area contributed by atoms with Gasteiger partial charge in [-0.25, -0.2) is 0 Å². The molecule has 0 unspecified atom stereocenters. The summed E-state index contributed by atoms with van der Waals surface area (Å²) in [6.07, 6.45) is 5.26. The number of hydrogen-bond donors (Lipinski definition) is 0. The summed E-state index contributed by atoms with van der Waals surface area (Å²) < 4.78 is 69.5. The maximum absolute atomic E-state index is 12.4. The van der Waals surface area contributed by atoms with E-state index in [1.807, 2.05) is 0 Å². The van der Waals surface area contributed by atoms with Gasteiger partial charge in [0.25, 0.3) is 0 Å². The molecule has 0 aliphatic heterocycles. The Morgan fingerprint density at radius 1 is 1.20 bits per heavy atom. The number of rotatable bonds is 7. The van der Waals surface area contributed by atoms with Crippen LogP contribution in [0.5, 0.6) is 0 Å². The maximum atomic E-state index is 12.4. The quantitative estimate of drug-likeness (QED) is 0.253. The van der Waals surface area contributed by atoms with Crippen LogP contribution in [0.1, 0.15) is 46.5 Å². The van der Waals surface area contributed by atoms with Gasteiger partial charge in [0.15, 0.2) is 8.32 Å². The molecule has 0 radical (unpaired) electrons. The topological polar surface area (TPSA) is 52.6 Å². The van der Waals surface area contributed by atoms with E-state index in [2.05, 4.69) is 38.0 Å². The molecule has 1 aliphatic carbocycles. The first-order valence-electron chi connectivity index (χ1n) is 8.20. The van der Waals surface area contributed by atoms with Gasteiger partial charge in [-0.05, 0) is 56.0 Å². The average Bonchev–Trinajstić information content (AvgIpc) is 2.41. The number of hydrogen-bond acceptors (Lipinski definition) is 4. The molecule has 9 heteroatoms. The lowest BCUT2D eigenvalue weighted by Gasteiger charge is -2.36. The summed E-state index contributed by atoms with van der Waals surface area (Å²) in [5.74, 6) is -0.260. The molecular weight excluding hydrogens is 373 g/mol. The van der Waals surface area contributed by atoms with Crippen molar-refractivity contribution in [2.75, 3.05) is 6.61 Å². The van der Waals surface area contributed by atoms with E-state index in [1.54, 1.807) is 0 Å². The zero-order valence-corrected chi connectivity index (χ0v) is 17.2. The van der Waals surface area contributed by atoms with Crippen molar-refractivity contribution in [3.05, 3.63) is 23.5 Å². The molecule has 0 bridgehead atoms. The molecule has 0 saturated carbocycles. The van der Waals surface area contributed by atoms with Crippen molar-refractivity contribution >= 4 is 18.4 Å². The Morgan fingerprint density at radius 3 is 2.32 bits per heavy atom. The minimum Gasteiger partial charge on any atom is -0.417 e. The van der Waals surface area contributed by atoms with Crippen molar-refractivity contribution in [1.29, 1.82) is 0 Å². The van der Waals surface area contributed by atoms with Crippen LogP contribution in [0.2, 0.25) is 18.1 Å². The highest BCUT2D eigenvalue weighted by atomic mass is 32.2. The van der Waals surface area contributed by atoms with Gasteiger partial charge in [-0.15, -0.1) is 0 Å². The van der Waals surface area contributed by atoms with E-state index < -0.39 is 23.9 Å². The highest BCUT2D eigenvalue weighted by molar-refractivity contribution is 7.87. The van der Waals surface area contributed by atoms with Crippen LogP contribution in [0.4, 0.5) is 13.2 Å². The van der Waals surface area contributed by atoms with E-state index in [0.29, 0.717) is 25.9 Å². The predicted octanol–water partition coefficient (Wildman–Crippen LogP) is 5.26. The Kier molecular flexibility index (Phi) is 6.97. The molecule has 0 heterocycles. The van der Waals surface area contributed by atoms with Crippen LogP contribution in [0, 0.1) is 0 Å². The van der Waals surface area contributed by atoms with Crippen molar-refractivity contribution < 1.29 is 30.2 Å². The third kappa shape index (κ3) is 6.45. The maximum Gasteiger partial charge on any atom is 0.534 e. The molecule has 0 aromatic heterocycles. The van der Waals surface area contributed by atoms with Crippen LogP contribution in [-0.2, 0) is 18.7 Å². The molecule has 0 saturated heterocycles. The van der Waals surface area contributed by atoms with E-state index in [0.717, 1.165) is 12.0 Å². The zero-order chi connectivity index (χ0) is 19.5. The van der Waals surface area contributed by atoms with E-state index in [9.17, 15) is 21.6 Å². The first kappa shape index (κ1) is 22.2. The van der Waals surface area contributed by atoms with Crippen LogP contribution in [0.3, 0.4) is 0 Å². The Bertz CT molecular complexity index is 629. The summed E-state index contributed by atoms with van der Waals surface area (Å²) in [6, 6.07) is 0. The van der Waals surface area contributed by atoms with Crippen molar-refractivity contribution in [3.63, 3.8) is 0 Å². The summed E-state index contributed by atoms with van der Waals surface area (Å²) in [7, 11) is -7.43. The summed E-state index contributed by atoms with van der Waals surface area (Å²) in [5, 5.41) is 0.118. The molecule has 0 aromatic carbocycles. The van der Waals surface area contributed by atoms with Gasteiger partial charge in [0.05, 0.1) is 0 Å². The van der Waals surface area contributed by atoms with Gasteiger partial charge >= 0.3 is 15.6 Å². The number of allylic oxidation sites excluding steroid dienone is 3. The second-order valence-corrected chi connectivity index (χ2v) is 14.0. The van der Waals surface area contributed by atoms with Gasteiger partial charge < -0.3 is 8.61 Å². The largest absolute Gasteiger partial charge is 0.534 e. The van der Waals surface area contributed by atoms with Crippen molar-refractivity contribution in [2.45, 2.75) is 70.1 Å². The monoisotopic (exact) mass is 400 g/mol. The van der Waals surface area contributed by atoms with E-state index >= 15 is 0 Å². The molecule has 0 amide bonds. The van der Waals surface area contributed by atoms with Gasteiger partial charge in [-0.1, -0.05) is 26.3 Å². The fourth-order valence-corrected chi connectivity index (χ4v) is 3.56. The highest BCUT2D eigenvalue weighted by Crippen LogP contribution is 2.36. The SMILES string of the molecule is CC(C)(C)[Si](C)(C)OCCCC1=CC(OS(=O)(=O)C(F)(F)F)=CCC1. The molecule has 0 fully saturated rings. The molecule has 0 spiro atoms. The van der Waals surface area contributed by atoms with Gasteiger partial charge in [-0.3, -0.25) is 0 Å². The Morgan fingerprint density at radius 2 is 1.80 bits per heavy atom. The third-order valence-corrected chi connectivity index (χ3v) is 10.1. The average molecular weight is 401 g/mol. The second kappa shape index (κ2) is 7.83. The first-order chi connectivity index (χ1) is 11.2. The highest BCUT2D eigenvalue weighted by Gasteiger charge is 2.48. The Hall–Kier alpha value is -0.803. The van der Waals surface area contributed by atoms with Gasteiger partial charge in [0, 0.05) is 6.61 Å². The predicted molar refractivity (Wildman–Crippen MR) is 93.8 cm³/mol. The molecule has 25 heavy (non-hydrogen) atoms. The molecule has 4 nitrogen and oxygen atoms in total. The smallest absolute Gasteiger partial charge is 0.417 e. The Balaban J connectivity index is 2.56. The van der Waals surface area contributed by atoms with Gasteiger partial charge in [-0.2, -0.15) is 21.6 Å². The Labute approximate surface area is 149 Å². The lowest BCUT2D eigenvalue weighted by atomic mass is 10.00. The minimum absolute atomic E-state index is 0.118. The van der Waals surface area contributed by atoms with Crippen molar-refractivity contribution in [2.24, 2.45) is 0 Å². The fourth-order valence-electron chi connectivity index (χ4n) is 2.00. The van der Waals surface area contributed by atoms with Crippen molar-refractivity contribution in [3.8, 4) is 0 Å². The number of alkyl halides is 3. The standard InChI is InChI=1S/C16H27F3O4SSi/c1-15(2,3)25(4,5)22-11-7-9-13-8-6-10-14(12-13)23-24(20,21)16(17,18)19/h10,12H,6-9,11H2,1-5H3. The van der Waals surface area contributed by atoms with Crippen LogP contribution >= 0.6 is 0 Å². The number of halogens is 3. The second-order valence-electron chi connectivity index (χ2n) is 7.64. The zero-order valence-electron chi connectivity index (χ0n) is 15.4. The summed E-state index contributed by atoms with van der Waals surface area (Å²) >= 11 is 0. The van der Waals surface area contributed by atoms with Gasteiger partial charge in [0.1, 0.15) is 5.76 Å². The van der Waals surface area contributed by atoms with Crippen LogP contribution < -0.4 is 0 Å². The lowest BCUT2D eigenvalue weighted by Crippen LogP contribution is -2.40. The molecule has 0 N–H and O–H groups in total. The molecule has 0 atom stereocenters. The van der Waals surface area contributed by atoms with Crippen molar-refractivity contribution in [1.82, 2.24) is 0 Å². The van der Waals surface area contributed by atoms with Crippen LogP contribution in [-0.4, -0.2) is 28.9 Å². The summed E-state index contributed by atoms with van der Waals surface area (Å²) in [6.45, 7) is 11.3. The minimum atomic E-state index is -5.61. The van der Waals surface area contributed by atoms with Crippen LogP contribution in [0.25, 0.3) is 0 Å². The molecule has 1 aliphatic rings. The molecule has 146 valence electrons. The van der Waals surface area contributed by atoms with Gasteiger partial charge in [0.2, 0.25) is 0 Å². The van der Waals surface area contributed by atoms with E-state index in [4.69, 9.17) is 4.43 Å². The molecule has 0 aromatic rings. The summed E-state index contributed by atoms with van der Waals surface area (Å²) in [4.78, 5) is 0. The van der Waals surface area contributed by atoms with Crippen LogP contribution in [0.15, 0.2) is 23.5 Å². The fraction of sp³-hybridized carbons (Fsp3) is 0.750. The van der Waals surface area contributed by atoms with E-state index in [-0.39, 0.29) is 10.8 Å². The molecule has 1 rings (SSSR count).